The Hall–Kier alpha value is -1.10. The standard InChI is InChI=1S/C13H9.2CH2O.Fe.HI/c1-3-7-12-10(5-1)9-11-6-2-4-8-13(11)12;2*1-2;;/h1-9H;2*1H2;;1H/q-1;;;+2;/p-1. The predicted octanol–water partition coefficient (Wildman–Crippen LogP) is 0.344. The Kier molecular flexibility index (Phi) is 11.5. The van der Waals surface area contributed by atoms with E-state index in [1.165, 1.54) is 21.5 Å². The number of carbonyl (C=O) groups excluding carboxylic acids is 2. The number of benzene rings is 2. The second-order valence-corrected chi connectivity index (χ2v) is 3.32. The molecule has 3 aromatic carbocycles. The number of carbonyl (C=O) groups is 2. The first-order valence-electron chi connectivity index (χ1n) is 5.06. The van der Waals surface area contributed by atoms with Gasteiger partial charge in [0, 0.05) is 0 Å². The zero-order chi connectivity index (χ0) is 12.7. The molecule has 0 aliphatic rings. The third-order valence-corrected chi connectivity index (χ3v) is 2.52. The molecule has 0 bridgehead atoms. The average Bonchev–Trinajstić information content (AvgIpc) is 2.82. The summed E-state index contributed by atoms with van der Waals surface area (Å²) in [4.78, 5) is 16.0. The molecule has 0 saturated heterocycles. The molecule has 19 heavy (non-hydrogen) atoms. The summed E-state index contributed by atoms with van der Waals surface area (Å²) in [5.41, 5.74) is 0. The van der Waals surface area contributed by atoms with Gasteiger partial charge in [-0.1, -0.05) is 36.4 Å². The summed E-state index contributed by atoms with van der Waals surface area (Å²) in [5.74, 6) is 0. The van der Waals surface area contributed by atoms with Crippen molar-refractivity contribution >= 4 is 35.1 Å². The molecule has 3 aromatic rings. The number of hydrogen-bond acceptors (Lipinski definition) is 2. The SMILES string of the molecule is C=O.C=O.[Fe+2].[I-].c1ccc2c(c1)[cH-]c1ccccc12. The summed E-state index contributed by atoms with van der Waals surface area (Å²) in [6.07, 6.45) is 0. The average molecular weight is 408 g/mol. The van der Waals surface area contributed by atoms with Crippen LogP contribution in [0.4, 0.5) is 0 Å². The van der Waals surface area contributed by atoms with Crippen LogP contribution in [0, 0.1) is 0 Å². The molecule has 0 amide bonds. The third-order valence-electron chi connectivity index (χ3n) is 2.52. The van der Waals surface area contributed by atoms with Crippen LogP contribution in [-0.4, -0.2) is 13.6 Å². The van der Waals surface area contributed by atoms with E-state index in [4.69, 9.17) is 9.59 Å². The van der Waals surface area contributed by atoms with Gasteiger partial charge in [-0.05, 0) is 0 Å². The Morgan fingerprint density at radius 3 is 1.37 bits per heavy atom. The largest absolute Gasteiger partial charge is 2.00 e. The van der Waals surface area contributed by atoms with Gasteiger partial charge in [0.2, 0.25) is 0 Å². The maximum absolute atomic E-state index is 8.00. The smallest absolute Gasteiger partial charge is 1.00 e. The zero-order valence-corrected chi connectivity index (χ0v) is 13.4. The molecule has 0 fully saturated rings. The first-order chi connectivity index (χ1) is 8.45. The summed E-state index contributed by atoms with van der Waals surface area (Å²) in [5, 5.41) is 5.39. The second kappa shape index (κ2) is 10.8. The van der Waals surface area contributed by atoms with Crippen LogP contribution in [-0.2, 0) is 26.7 Å². The van der Waals surface area contributed by atoms with Gasteiger partial charge in [0.25, 0.3) is 0 Å². The van der Waals surface area contributed by atoms with E-state index in [0.717, 1.165) is 0 Å². The third kappa shape index (κ3) is 4.49. The molecule has 0 radical (unpaired) electrons. The van der Waals surface area contributed by atoms with Crippen LogP contribution >= 0.6 is 0 Å². The van der Waals surface area contributed by atoms with E-state index in [2.05, 4.69) is 54.6 Å². The van der Waals surface area contributed by atoms with Crippen molar-refractivity contribution in [2.75, 3.05) is 0 Å². The van der Waals surface area contributed by atoms with Crippen molar-refractivity contribution in [2.24, 2.45) is 0 Å². The van der Waals surface area contributed by atoms with Crippen LogP contribution in [0.1, 0.15) is 0 Å². The van der Waals surface area contributed by atoms with Gasteiger partial charge in [0.05, 0.1) is 0 Å². The van der Waals surface area contributed by atoms with E-state index >= 15 is 0 Å². The van der Waals surface area contributed by atoms with Crippen molar-refractivity contribution in [3.8, 4) is 0 Å². The Morgan fingerprint density at radius 2 is 1.00 bits per heavy atom. The summed E-state index contributed by atoms with van der Waals surface area (Å²) in [6, 6.07) is 19.3. The van der Waals surface area contributed by atoms with Gasteiger partial charge in [-0.15, -0.1) is 39.7 Å². The molecule has 100 valence electrons. The van der Waals surface area contributed by atoms with Crippen molar-refractivity contribution in [3.05, 3.63) is 54.6 Å². The monoisotopic (exact) mass is 408 g/mol. The molecule has 0 spiro atoms. The van der Waals surface area contributed by atoms with E-state index in [0.29, 0.717) is 0 Å². The minimum absolute atomic E-state index is 0. The summed E-state index contributed by atoms with van der Waals surface area (Å²) in [6.45, 7) is 4.00. The molecule has 0 unspecified atom stereocenters. The van der Waals surface area contributed by atoms with Gasteiger partial charge in [0.1, 0.15) is 13.6 Å². The first-order valence-corrected chi connectivity index (χ1v) is 5.06. The van der Waals surface area contributed by atoms with Gasteiger partial charge in [-0.25, -0.2) is 0 Å². The van der Waals surface area contributed by atoms with Gasteiger partial charge >= 0.3 is 17.1 Å². The molecule has 2 nitrogen and oxygen atoms in total. The Balaban J connectivity index is 0. The van der Waals surface area contributed by atoms with Gasteiger partial charge in [-0.2, -0.15) is 0 Å². The summed E-state index contributed by atoms with van der Waals surface area (Å²) in [7, 11) is 0. The molecule has 0 N–H and O–H groups in total. The quantitative estimate of drug-likeness (QED) is 0.306. The molecular formula is C15H13FeIO2. The van der Waals surface area contributed by atoms with Crippen molar-refractivity contribution in [1.29, 1.82) is 0 Å². The number of hydrogen-bond donors (Lipinski definition) is 0. The van der Waals surface area contributed by atoms with Gasteiger partial charge in [0.15, 0.2) is 0 Å². The van der Waals surface area contributed by atoms with Crippen LogP contribution < -0.4 is 24.0 Å². The zero-order valence-electron chi connectivity index (χ0n) is 10.2. The molecule has 4 heteroatoms. The topological polar surface area (TPSA) is 34.1 Å². The number of halogens is 1. The first kappa shape index (κ1) is 20.2. The molecule has 0 aliphatic heterocycles. The second-order valence-electron chi connectivity index (χ2n) is 3.32. The minimum Gasteiger partial charge on any atom is -1.00 e. The van der Waals surface area contributed by atoms with Crippen LogP contribution in [0.15, 0.2) is 54.6 Å². The van der Waals surface area contributed by atoms with Crippen LogP contribution in [0.3, 0.4) is 0 Å². The number of rotatable bonds is 0. The summed E-state index contributed by atoms with van der Waals surface area (Å²) >= 11 is 0. The van der Waals surface area contributed by atoms with Gasteiger partial charge in [-0.3, -0.25) is 0 Å². The summed E-state index contributed by atoms with van der Waals surface area (Å²) < 4.78 is 0. The van der Waals surface area contributed by atoms with Crippen molar-refractivity contribution in [1.82, 2.24) is 0 Å². The molecular weight excluding hydrogens is 395 g/mol. The maximum Gasteiger partial charge on any atom is 2.00 e. The van der Waals surface area contributed by atoms with Crippen LogP contribution in [0.25, 0.3) is 21.5 Å². The Labute approximate surface area is 140 Å². The Bertz CT molecular complexity index is 555. The van der Waals surface area contributed by atoms with Crippen LogP contribution in [0.5, 0.6) is 0 Å². The fourth-order valence-corrected chi connectivity index (χ4v) is 1.90. The molecule has 0 saturated carbocycles. The molecule has 0 aromatic heterocycles. The normalized spacial score (nSPS) is 8.00. The fourth-order valence-electron chi connectivity index (χ4n) is 1.90. The van der Waals surface area contributed by atoms with E-state index in [1.54, 1.807) is 0 Å². The maximum atomic E-state index is 8.00. The van der Waals surface area contributed by atoms with E-state index in [9.17, 15) is 0 Å². The van der Waals surface area contributed by atoms with E-state index in [1.807, 2.05) is 13.6 Å². The van der Waals surface area contributed by atoms with Crippen molar-refractivity contribution in [2.45, 2.75) is 0 Å². The fraction of sp³-hybridized carbons (Fsp3) is 0. The van der Waals surface area contributed by atoms with Crippen molar-refractivity contribution < 1.29 is 50.6 Å². The molecule has 0 heterocycles. The molecule has 3 rings (SSSR count). The van der Waals surface area contributed by atoms with E-state index < -0.39 is 0 Å². The van der Waals surface area contributed by atoms with E-state index in [-0.39, 0.29) is 41.0 Å². The predicted molar refractivity (Wildman–Crippen MR) is 71.3 cm³/mol. The molecule has 0 aliphatic carbocycles. The minimum atomic E-state index is 0. The van der Waals surface area contributed by atoms with Crippen molar-refractivity contribution in [3.63, 3.8) is 0 Å². The van der Waals surface area contributed by atoms with Gasteiger partial charge < -0.3 is 33.6 Å². The van der Waals surface area contributed by atoms with Crippen LogP contribution in [0.2, 0.25) is 0 Å². The molecule has 0 atom stereocenters. The number of fused-ring (bicyclic) bond motifs is 3. The Morgan fingerprint density at radius 1 is 0.684 bits per heavy atom.